The number of anilines is 1. The summed E-state index contributed by atoms with van der Waals surface area (Å²) in [6.07, 6.45) is 0. The van der Waals surface area contributed by atoms with E-state index in [0.717, 1.165) is 30.2 Å². The number of aryl methyl sites for hydroxylation is 1. The zero-order valence-corrected chi connectivity index (χ0v) is 9.78. The van der Waals surface area contributed by atoms with Crippen molar-refractivity contribution in [1.82, 2.24) is 0 Å². The van der Waals surface area contributed by atoms with Gasteiger partial charge in [-0.15, -0.1) is 0 Å². The first kappa shape index (κ1) is 10.5. The van der Waals surface area contributed by atoms with Crippen molar-refractivity contribution in [2.75, 3.05) is 31.2 Å². The summed E-state index contributed by atoms with van der Waals surface area (Å²) in [6, 6.07) is 1.98. The number of carbonyl (C=O) groups is 1. The number of nitrogens with one attached hydrogen (secondary N) is 1. The lowest BCUT2D eigenvalue weighted by Crippen LogP contribution is -2.41. The second kappa shape index (κ2) is 4.00. The molecule has 0 saturated carbocycles. The molecule has 1 saturated heterocycles. The number of fused-ring (bicyclic) bond motifs is 1. The molecule has 0 aliphatic carbocycles. The Balaban J connectivity index is 2.06. The number of hydrogen-bond donors (Lipinski definition) is 0. The van der Waals surface area contributed by atoms with Crippen LogP contribution in [0.4, 0.5) is 5.82 Å². The molecule has 5 nitrogen and oxygen atoms in total. The number of H-pyrrole nitrogens is 1. The highest BCUT2D eigenvalue weighted by molar-refractivity contribution is 5.97. The van der Waals surface area contributed by atoms with Gasteiger partial charge in [0.15, 0.2) is 5.56 Å². The van der Waals surface area contributed by atoms with Crippen LogP contribution < -0.4 is 9.88 Å². The number of aromatic nitrogens is 1. The number of cyclic esters (lactones) is 1. The second-order valence-corrected chi connectivity index (χ2v) is 4.38. The fourth-order valence-corrected chi connectivity index (χ4v) is 2.35. The van der Waals surface area contributed by atoms with Crippen LogP contribution in [0, 0.1) is 6.92 Å². The Hall–Kier alpha value is -1.62. The molecule has 0 atom stereocenters. The minimum absolute atomic E-state index is 0.224. The fourth-order valence-electron chi connectivity index (χ4n) is 2.35. The Morgan fingerprint density at radius 1 is 1.35 bits per heavy atom. The molecule has 0 amide bonds. The zero-order chi connectivity index (χ0) is 11.8. The Morgan fingerprint density at radius 2 is 2.12 bits per heavy atom. The van der Waals surface area contributed by atoms with Crippen molar-refractivity contribution in [2.45, 2.75) is 13.5 Å². The van der Waals surface area contributed by atoms with Crippen molar-refractivity contribution in [3.8, 4) is 0 Å². The van der Waals surface area contributed by atoms with Gasteiger partial charge in [0, 0.05) is 5.56 Å². The highest BCUT2D eigenvalue weighted by Crippen LogP contribution is 2.27. The predicted molar refractivity (Wildman–Crippen MR) is 59.9 cm³/mol. The van der Waals surface area contributed by atoms with Crippen LogP contribution >= 0.6 is 0 Å². The minimum atomic E-state index is -0.224. The number of hydrogen-bond acceptors (Lipinski definition) is 4. The number of pyridine rings is 1. The van der Waals surface area contributed by atoms with E-state index < -0.39 is 0 Å². The van der Waals surface area contributed by atoms with E-state index in [1.165, 1.54) is 0 Å². The van der Waals surface area contributed by atoms with Crippen molar-refractivity contribution in [3.05, 3.63) is 22.9 Å². The molecule has 0 radical (unpaired) electrons. The van der Waals surface area contributed by atoms with E-state index in [4.69, 9.17) is 9.47 Å². The van der Waals surface area contributed by atoms with Crippen molar-refractivity contribution < 1.29 is 19.3 Å². The van der Waals surface area contributed by atoms with Crippen molar-refractivity contribution in [3.63, 3.8) is 0 Å². The van der Waals surface area contributed by atoms with Gasteiger partial charge in [0.25, 0.3) is 5.82 Å². The van der Waals surface area contributed by atoms with Gasteiger partial charge in [0.2, 0.25) is 0 Å². The van der Waals surface area contributed by atoms with Crippen LogP contribution in [0.2, 0.25) is 0 Å². The van der Waals surface area contributed by atoms with Crippen LogP contribution in [0.3, 0.4) is 0 Å². The third-order valence-electron chi connectivity index (χ3n) is 3.15. The summed E-state index contributed by atoms with van der Waals surface area (Å²) < 4.78 is 10.4. The fraction of sp³-hybridized carbons (Fsp3) is 0.500. The van der Waals surface area contributed by atoms with Crippen molar-refractivity contribution in [2.24, 2.45) is 0 Å². The Morgan fingerprint density at radius 3 is 2.88 bits per heavy atom. The molecule has 2 aliphatic heterocycles. The monoisotopic (exact) mass is 235 g/mol. The van der Waals surface area contributed by atoms with E-state index in [0.29, 0.717) is 25.4 Å². The summed E-state index contributed by atoms with van der Waals surface area (Å²) in [4.78, 5) is 17.2. The summed E-state index contributed by atoms with van der Waals surface area (Å²) in [5.41, 5.74) is 2.72. The van der Waals surface area contributed by atoms with Crippen LogP contribution in [-0.2, 0) is 16.1 Å². The third kappa shape index (κ3) is 1.76. The van der Waals surface area contributed by atoms with Crippen LogP contribution in [0.5, 0.6) is 0 Å². The number of esters is 1. The largest absolute Gasteiger partial charge is 0.457 e. The number of aromatic amines is 1. The quantitative estimate of drug-likeness (QED) is 0.658. The van der Waals surface area contributed by atoms with Crippen LogP contribution in [0.1, 0.15) is 21.6 Å². The van der Waals surface area contributed by atoms with Crippen molar-refractivity contribution in [1.29, 1.82) is 0 Å². The summed E-state index contributed by atoms with van der Waals surface area (Å²) in [5.74, 6) is 0.656. The van der Waals surface area contributed by atoms with Gasteiger partial charge in [0.05, 0.1) is 18.9 Å². The van der Waals surface area contributed by atoms with Gasteiger partial charge < -0.3 is 9.47 Å². The number of carbonyl (C=O) groups excluding carboxylic acids is 1. The molecule has 1 aromatic rings. The summed E-state index contributed by atoms with van der Waals surface area (Å²) in [6.45, 7) is 5.39. The van der Waals surface area contributed by atoms with Crippen LogP contribution in [0.15, 0.2) is 6.07 Å². The van der Waals surface area contributed by atoms with Gasteiger partial charge in [-0.3, -0.25) is 4.90 Å². The van der Waals surface area contributed by atoms with E-state index in [2.05, 4.69) is 9.88 Å². The first-order valence-electron chi connectivity index (χ1n) is 5.81. The molecule has 3 heterocycles. The highest BCUT2D eigenvalue weighted by Gasteiger charge is 2.34. The third-order valence-corrected chi connectivity index (χ3v) is 3.15. The average Bonchev–Trinajstić information content (AvgIpc) is 2.71. The first-order chi connectivity index (χ1) is 8.25. The molecule has 17 heavy (non-hydrogen) atoms. The maximum Gasteiger partial charge on any atom is 0.347 e. The molecular formula is C12H15N2O3+. The van der Waals surface area contributed by atoms with Gasteiger partial charge in [-0.05, 0) is 13.0 Å². The molecule has 1 aromatic heterocycles. The molecule has 0 spiro atoms. The molecular weight excluding hydrogens is 220 g/mol. The molecule has 0 aromatic carbocycles. The van der Waals surface area contributed by atoms with E-state index >= 15 is 0 Å². The van der Waals surface area contributed by atoms with Gasteiger partial charge in [-0.2, -0.15) is 0 Å². The Labute approximate surface area is 99.3 Å². The van der Waals surface area contributed by atoms with Crippen molar-refractivity contribution >= 4 is 11.8 Å². The molecule has 3 rings (SSSR count). The molecule has 0 bridgehead atoms. The predicted octanol–water partition coefficient (Wildman–Crippen LogP) is 0.316. The first-order valence-corrected chi connectivity index (χ1v) is 5.81. The summed E-state index contributed by atoms with van der Waals surface area (Å²) >= 11 is 0. The van der Waals surface area contributed by atoms with E-state index in [1.54, 1.807) is 0 Å². The molecule has 1 fully saturated rings. The average molecular weight is 235 g/mol. The molecule has 90 valence electrons. The summed E-state index contributed by atoms with van der Waals surface area (Å²) in [7, 11) is 0. The van der Waals surface area contributed by atoms with Crippen LogP contribution in [-0.4, -0.2) is 32.3 Å². The topological polar surface area (TPSA) is 52.9 Å². The number of morpholine rings is 1. The van der Waals surface area contributed by atoms with E-state index in [1.807, 2.05) is 13.0 Å². The smallest absolute Gasteiger partial charge is 0.347 e. The Bertz CT molecular complexity index is 467. The van der Waals surface area contributed by atoms with Gasteiger partial charge in [-0.25, -0.2) is 9.78 Å². The van der Waals surface area contributed by atoms with Gasteiger partial charge in [-0.1, -0.05) is 0 Å². The lowest BCUT2D eigenvalue weighted by atomic mass is 10.1. The standard InChI is InChI=1S/C12H14N2O3/c1-8-6-9-7-17-12(15)10(9)11(13-8)14-2-4-16-5-3-14/h6H,2-5,7H2,1H3/p+1. The van der Waals surface area contributed by atoms with Gasteiger partial charge in [0.1, 0.15) is 19.7 Å². The Kier molecular flexibility index (Phi) is 2.48. The minimum Gasteiger partial charge on any atom is -0.457 e. The van der Waals surface area contributed by atoms with E-state index in [-0.39, 0.29) is 5.97 Å². The maximum atomic E-state index is 11.7. The molecule has 1 N–H and O–H groups in total. The molecule has 5 heteroatoms. The molecule has 0 unspecified atom stereocenters. The van der Waals surface area contributed by atoms with E-state index in [9.17, 15) is 4.79 Å². The van der Waals surface area contributed by atoms with Crippen LogP contribution in [0.25, 0.3) is 0 Å². The zero-order valence-electron chi connectivity index (χ0n) is 9.78. The maximum absolute atomic E-state index is 11.7. The lowest BCUT2D eigenvalue weighted by molar-refractivity contribution is -0.374. The SMILES string of the molecule is Cc1cc2c(c(N3CCOCC3)[nH+]1)C(=O)OC2. The number of ether oxygens (including phenoxy) is 2. The lowest BCUT2D eigenvalue weighted by Gasteiger charge is -2.22. The normalized spacial score (nSPS) is 19.1. The molecule has 2 aliphatic rings. The summed E-state index contributed by atoms with van der Waals surface area (Å²) in [5, 5.41) is 0. The second-order valence-electron chi connectivity index (χ2n) is 4.38. The van der Waals surface area contributed by atoms with Gasteiger partial charge >= 0.3 is 5.97 Å². The number of nitrogens with zero attached hydrogens (tertiary/aromatic N) is 1. The number of rotatable bonds is 1. The highest BCUT2D eigenvalue weighted by atomic mass is 16.5.